The fraction of sp³-hybridized carbons (Fsp3) is 0.118. The Hall–Kier alpha value is -1.70. The van der Waals surface area contributed by atoms with Crippen LogP contribution in [0.3, 0.4) is 0 Å². The SMILES string of the molecule is O=C(CCc1nc(-c2ccc(Cl)cc2)no1)Nc1ccc(Br)cc1Br. The summed E-state index contributed by atoms with van der Waals surface area (Å²) >= 11 is 12.6. The average molecular weight is 486 g/mol. The Kier molecular flexibility index (Phi) is 5.88. The summed E-state index contributed by atoms with van der Waals surface area (Å²) in [5, 5.41) is 7.41. The highest BCUT2D eigenvalue weighted by molar-refractivity contribution is 9.11. The molecule has 0 aliphatic carbocycles. The van der Waals surface area contributed by atoms with Crippen LogP contribution in [0.2, 0.25) is 5.02 Å². The number of hydrogen-bond acceptors (Lipinski definition) is 4. The van der Waals surface area contributed by atoms with Crippen molar-refractivity contribution >= 4 is 55.1 Å². The molecular formula is C17H12Br2ClN3O2. The van der Waals surface area contributed by atoms with Crippen molar-refractivity contribution in [2.24, 2.45) is 0 Å². The predicted octanol–water partition coefficient (Wildman–Crippen LogP) is 5.49. The summed E-state index contributed by atoms with van der Waals surface area (Å²) in [5.41, 5.74) is 1.52. The predicted molar refractivity (Wildman–Crippen MR) is 104 cm³/mol. The van der Waals surface area contributed by atoms with Crippen LogP contribution in [0.1, 0.15) is 12.3 Å². The topological polar surface area (TPSA) is 68.0 Å². The van der Waals surface area contributed by atoms with Gasteiger partial charge in [0.2, 0.25) is 17.6 Å². The van der Waals surface area contributed by atoms with Crippen molar-refractivity contribution in [1.82, 2.24) is 10.1 Å². The quantitative estimate of drug-likeness (QED) is 0.519. The van der Waals surface area contributed by atoms with Crippen LogP contribution in [0.5, 0.6) is 0 Å². The smallest absolute Gasteiger partial charge is 0.227 e. The molecule has 2 aromatic carbocycles. The third kappa shape index (κ3) is 4.90. The van der Waals surface area contributed by atoms with Crippen molar-refractivity contribution in [2.75, 3.05) is 5.32 Å². The Morgan fingerprint density at radius 1 is 1.16 bits per heavy atom. The van der Waals surface area contributed by atoms with E-state index in [1.165, 1.54) is 0 Å². The molecule has 8 heteroatoms. The van der Waals surface area contributed by atoms with Crippen LogP contribution in [0, 0.1) is 0 Å². The molecule has 3 aromatic rings. The number of nitrogens with zero attached hydrogens (tertiary/aromatic N) is 2. The van der Waals surface area contributed by atoms with Crippen molar-refractivity contribution in [3.63, 3.8) is 0 Å². The highest BCUT2D eigenvalue weighted by Crippen LogP contribution is 2.26. The Morgan fingerprint density at radius 2 is 1.92 bits per heavy atom. The van der Waals surface area contributed by atoms with Crippen molar-refractivity contribution in [3.8, 4) is 11.4 Å². The second kappa shape index (κ2) is 8.12. The number of aryl methyl sites for hydroxylation is 1. The van der Waals surface area contributed by atoms with E-state index in [0.717, 1.165) is 14.5 Å². The summed E-state index contributed by atoms with van der Waals surface area (Å²) < 4.78 is 6.93. The van der Waals surface area contributed by atoms with Gasteiger partial charge < -0.3 is 9.84 Å². The van der Waals surface area contributed by atoms with Gasteiger partial charge in [-0.2, -0.15) is 4.98 Å². The Balaban J connectivity index is 1.58. The molecule has 0 atom stereocenters. The van der Waals surface area contributed by atoms with Crippen LogP contribution < -0.4 is 5.32 Å². The Bertz CT molecular complexity index is 897. The number of nitrogens with one attached hydrogen (secondary N) is 1. The van der Waals surface area contributed by atoms with Gasteiger partial charge in [-0.25, -0.2) is 0 Å². The number of carbonyl (C=O) groups excluding carboxylic acids is 1. The van der Waals surface area contributed by atoms with Gasteiger partial charge in [0, 0.05) is 32.4 Å². The summed E-state index contributed by atoms with van der Waals surface area (Å²) in [6, 6.07) is 12.7. The van der Waals surface area contributed by atoms with Crippen molar-refractivity contribution < 1.29 is 9.32 Å². The number of rotatable bonds is 5. The molecule has 0 fully saturated rings. The molecule has 25 heavy (non-hydrogen) atoms. The zero-order chi connectivity index (χ0) is 17.8. The first-order chi connectivity index (χ1) is 12.0. The fourth-order valence-corrected chi connectivity index (χ4v) is 3.37. The maximum Gasteiger partial charge on any atom is 0.227 e. The fourth-order valence-electron chi connectivity index (χ4n) is 2.10. The molecule has 0 saturated carbocycles. The molecule has 0 aliphatic rings. The average Bonchev–Trinajstić information content (AvgIpc) is 3.05. The van der Waals surface area contributed by atoms with Crippen LogP contribution in [0.15, 0.2) is 55.9 Å². The molecule has 1 heterocycles. The first-order valence-corrected chi connectivity index (χ1v) is 9.31. The highest BCUT2D eigenvalue weighted by Gasteiger charge is 2.12. The van der Waals surface area contributed by atoms with E-state index in [4.69, 9.17) is 16.1 Å². The molecule has 1 aromatic heterocycles. The van der Waals surface area contributed by atoms with E-state index in [0.29, 0.717) is 28.8 Å². The number of aromatic nitrogens is 2. The van der Waals surface area contributed by atoms with Gasteiger partial charge in [-0.05, 0) is 58.4 Å². The minimum absolute atomic E-state index is 0.130. The lowest BCUT2D eigenvalue weighted by molar-refractivity contribution is -0.116. The minimum atomic E-state index is -0.130. The third-order valence-electron chi connectivity index (χ3n) is 3.34. The zero-order valence-electron chi connectivity index (χ0n) is 12.8. The van der Waals surface area contributed by atoms with Crippen molar-refractivity contribution in [2.45, 2.75) is 12.8 Å². The lowest BCUT2D eigenvalue weighted by Gasteiger charge is -2.06. The minimum Gasteiger partial charge on any atom is -0.339 e. The molecule has 1 amide bonds. The number of benzene rings is 2. The van der Waals surface area contributed by atoms with E-state index in [1.807, 2.05) is 30.3 Å². The molecule has 1 N–H and O–H groups in total. The number of halogens is 3. The zero-order valence-corrected chi connectivity index (χ0v) is 16.7. The van der Waals surface area contributed by atoms with Gasteiger partial charge >= 0.3 is 0 Å². The van der Waals surface area contributed by atoms with E-state index < -0.39 is 0 Å². The van der Waals surface area contributed by atoms with Gasteiger partial charge in [0.1, 0.15) is 0 Å². The molecule has 0 aliphatic heterocycles. The maximum atomic E-state index is 12.1. The number of carbonyl (C=O) groups is 1. The van der Waals surface area contributed by atoms with Gasteiger partial charge in [-0.1, -0.05) is 32.7 Å². The molecular weight excluding hydrogens is 473 g/mol. The second-order valence-electron chi connectivity index (χ2n) is 5.19. The molecule has 0 unspecified atom stereocenters. The molecule has 0 radical (unpaired) electrons. The van der Waals surface area contributed by atoms with Crippen LogP contribution in [0.25, 0.3) is 11.4 Å². The lowest BCUT2D eigenvalue weighted by atomic mass is 10.2. The van der Waals surface area contributed by atoms with E-state index in [1.54, 1.807) is 12.1 Å². The first-order valence-electron chi connectivity index (χ1n) is 7.35. The molecule has 5 nitrogen and oxygen atoms in total. The van der Waals surface area contributed by atoms with Crippen LogP contribution in [0.4, 0.5) is 5.69 Å². The van der Waals surface area contributed by atoms with Gasteiger partial charge in [-0.15, -0.1) is 0 Å². The summed E-state index contributed by atoms with van der Waals surface area (Å²) in [4.78, 5) is 16.4. The largest absolute Gasteiger partial charge is 0.339 e. The number of amides is 1. The van der Waals surface area contributed by atoms with Gasteiger partial charge in [0.05, 0.1) is 5.69 Å². The van der Waals surface area contributed by atoms with E-state index >= 15 is 0 Å². The second-order valence-corrected chi connectivity index (χ2v) is 7.40. The molecule has 0 bridgehead atoms. The lowest BCUT2D eigenvalue weighted by Crippen LogP contribution is -2.12. The molecule has 0 spiro atoms. The summed E-state index contributed by atoms with van der Waals surface area (Å²) in [6.45, 7) is 0. The van der Waals surface area contributed by atoms with Crippen LogP contribution >= 0.6 is 43.5 Å². The normalized spacial score (nSPS) is 10.7. The number of anilines is 1. The monoisotopic (exact) mass is 483 g/mol. The van der Waals surface area contributed by atoms with E-state index in [2.05, 4.69) is 47.3 Å². The Morgan fingerprint density at radius 3 is 2.64 bits per heavy atom. The molecule has 0 saturated heterocycles. The molecule has 3 rings (SSSR count). The van der Waals surface area contributed by atoms with E-state index in [-0.39, 0.29) is 12.3 Å². The summed E-state index contributed by atoms with van der Waals surface area (Å²) in [7, 11) is 0. The summed E-state index contributed by atoms with van der Waals surface area (Å²) in [6.07, 6.45) is 0.603. The highest BCUT2D eigenvalue weighted by atomic mass is 79.9. The summed E-state index contributed by atoms with van der Waals surface area (Å²) in [5.74, 6) is 0.756. The van der Waals surface area contributed by atoms with Crippen molar-refractivity contribution in [3.05, 3.63) is 62.3 Å². The van der Waals surface area contributed by atoms with Gasteiger partial charge in [-0.3, -0.25) is 4.79 Å². The van der Waals surface area contributed by atoms with Gasteiger partial charge in [0.15, 0.2) is 0 Å². The van der Waals surface area contributed by atoms with Crippen molar-refractivity contribution in [1.29, 1.82) is 0 Å². The van der Waals surface area contributed by atoms with Gasteiger partial charge in [0.25, 0.3) is 0 Å². The third-order valence-corrected chi connectivity index (χ3v) is 4.74. The molecule has 128 valence electrons. The van der Waals surface area contributed by atoms with Crippen LogP contribution in [-0.4, -0.2) is 16.0 Å². The van der Waals surface area contributed by atoms with Crippen LogP contribution in [-0.2, 0) is 11.2 Å². The first kappa shape index (κ1) is 18.1. The number of hydrogen-bond donors (Lipinski definition) is 1. The van der Waals surface area contributed by atoms with E-state index in [9.17, 15) is 4.79 Å². The standard InChI is InChI=1S/C17H12Br2ClN3O2/c18-11-3-6-14(13(19)9-11)21-15(24)7-8-16-22-17(23-25-16)10-1-4-12(20)5-2-10/h1-6,9H,7-8H2,(H,21,24). The Labute approximate surface area is 166 Å². The maximum absolute atomic E-state index is 12.1.